The molecule has 2 N–H and O–H groups in total. The van der Waals surface area contributed by atoms with E-state index in [4.69, 9.17) is 10.3 Å². The van der Waals surface area contributed by atoms with Gasteiger partial charge >= 0.3 is 0 Å². The fourth-order valence-electron chi connectivity index (χ4n) is 2.09. The van der Waals surface area contributed by atoms with Crippen LogP contribution in [0.15, 0.2) is 10.6 Å². The summed E-state index contributed by atoms with van der Waals surface area (Å²) in [5.74, 6) is 1.59. The van der Waals surface area contributed by atoms with Gasteiger partial charge in [0, 0.05) is 18.5 Å². The van der Waals surface area contributed by atoms with E-state index in [2.05, 4.69) is 5.16 Å². The maximum Gasteiger partial charge on any atom is 0.137 e. The molecular formula is C10H16N2O. The molecule has 3 heteroatoms. The molecule has 1 heterocycles. The predicted molar refractivity (Wildman–Crippen MR) is 50.3 cm³/mol. The summed E-state index contributed by atoms with van der Waals surface area (Å²) in [6.07, 6.45) is 4.62. The maximum atomic E-state index is 5.97. The highest BCUT2D eigenvalue weighted by molar-refractivity contribution is 5.05. The van der Waals surface area contributed by atoms with E-state index in [1.165, 1.54) is 12.8 Å². The lowest BCUT2D eigenvalue weighted by molar-refractivity contribution is 0.347. The molecule has 1 aromatic heterocycles. The van der Waals surface area contributed by atoms with Crippen LogP contribution in [0.2, 0.25) is 0 Å². The van der Waals surface area contributed by atoms with E-state index in [1.807, 2.05) is 13.0 Å². The van der Waals surface area contributed by atoms with Crippen molar-refractivity contribution >= 4 is 0 Å². The van der Waals surface area contributed by atoms with Crippen LogP contribution in [0.5, 0.6) is 0 Å². The Balaban J connectivity index is 1.97. The smallest absolute Gasteiger partial charge is 0.137 e. The standard InChI is InChI=1S/C10H16N2O/c1-7-5-9(13-12-7)6-8-3-2-4-10(8)11/h5,8,10H,2-4,6,11H2,1H3. The van der Waals surface area contributed by atoms with E-state index in [1.54, 1.807) is 0 Å². The number of aryl methyl sites for hydroxylation is 1. The molecule has 2 rings (SSSR count). The Morgan fingerprint density at radius 3 is 3.00 bits per heavy atom. The average molecular weight is 180 g/mol. The van der Waals surface area contributed by atoms with Crippen LogP contribution in [0.3, 0.4) is 0 Å². The largest absolute Gasteiger partial charge is 0.361 e. The first-order valence-corrected chi connectivity index (χ1v) is 4.93. The molecular weight excluding hydrogens is 164 g/mol. The van der Waals surface area contributed by atoms with E-state index in [-0.39, 0.29) is 0 Å². The van der Waals surface area contributed by atoms with Crippen molar-refractivity contribution in [3.05, 3.63) is 17.5 Å². The van der Waals surface area contributed by atoms with Crippen molar-refractivity contribution in [2.24, 2.45) is 11.7 Å². The van der Waals surface area contributed by atoms with Gasteiger partial charge in [-0.3, -0.25) is 0 Å². The van der Waals surface area contributed by atoms with Gasteiger partial charge in [0.1, 0.15) is 5.76 Å². The van der Waals surface area contributed by atoms with Crippen LogP contribution in [0, 0.1) is 12.8 Å². The summed E-state index contributed by atoms with van der Waals surface area (Å²) in [4.78, 5) is 0. The highest BCUT2D eigenvalue weighted by Gasteiger charge is 2.25. The Kier molecular flexibility index (Phi) is 2.36. The van der Waals surface area contributed by atoms with Crippen molar-refractivity contribution in [3.8, 4) is 0 Å². The normalized spacial score (nSPS) is 28.2. The van der Waals surface area contributed by atoms with Gasteiger partial charge in [-0.25, -0.2) is 0 Å². The van der Waals surface area contributed by atoms with Crippen LogP contribution < -0.4 is 5.73 Å². The molecule has 2 unspecified atom stereocenters. The zero-order valence-corrected chi connectivity index (χ0v) is 7.99. The Morgan fingerprint density at radius 2 is 2.46 bits per heavy atom. The molecule has 0 amide bonds. The van der Waals surface area contributed by atoms with Gasteiger partial charge in [0.15, 0.2) is 0 Å². The zero-order valence-electron chi connectivity index (χ0n) is 7.99. The fourth-order valence-corrected chi connectivity index (χ4v) is 2.09. The molecule has 0 aromatic carbocycles. The summed E-state index contributed by atoms with van der Waals surface area (Å²) in [5, 5.41) is 3.87. The Hall–Kier alpha value is -0.830. The second kappa shape index (κ2) is 3.50. The highest BCUT2D eigenvalue weighted by Crippen LogP contribution is 2.27. The minimum Gasteiger partial charge on any atom is -0.361 e. The van der Waals surface area contributed by atoms with Crippen LogP contribution in [-0.4, -0.2) is 11.2 Å². The van der Waals surface area contributed by atoms with Gasteiger partial charge in [-0.15, -0.1) is 0 Å². The summed E-state index contributed by atoms with van der Waals surface area (Å²) in [7, 11) is 0. The first-order chi connectivity index (χ1) is 6.25. The second-order valence-electron chi connectivity index (χ2n) is 3.99. The average Bonchev–Trinajstić information content (AvgIpc) is 2.64. The summed E-state index contributed by atoms with van der Waals surface area (Å²) in [6, 6.07) is 2.37. The van der Waals surface area contributed by atoms with E-state index < -0.39 is 0 Å². The molecule has 0 aliphatic heterocycles. The molecule has 1 aromatic rings. The molecule has 0 saturated heterocycles. The molecule has 0 radical (unpaired) electrons. The zero-order chi connectivity index (χ0) is 9.26. The topological polar surface area (TPSA) is 52.0 Å². The molecule has 1 aliphatic rings. The Morgan fingerprint density at radius 1 is 1.62 bits per heavy atom. The van der Waals surface area contributed by atoms with Crippen LogP contribution in [0.4, 0.5) is 0 Å². The number of hydrogen-bond acceptors (Lipinski definition) is 3. The van der Waals surface area contributed by atoms with Crippen molar-refractivity contribution in [1.82, 2.24) is 5.16 Å². The third-order valence-electron chi connectivity index (χ3n) is 2.86. The molecule has 13 heavy (non-hydrogen) atoms. The molecule has 3 nitrogen and oxygen atoms in total. The monoisotopic (exact) mass is 180 g/mol. The fraction of sp³-hybridized carbons (Fsp3) is 0.700. The first kappa shape index (κ1) is 8.75. The van der Waals surface area contributed by atoms with Gasteiger partial charge in [-0.2, -0.15) is 0 Å². The van der Waals surface area contributed by atoms with Gasteiger partial charge in [0.2, 0.25) is 0 Å². The second-order valence-corrected chi connectivity index (χ2v) is 3.99. The lowest BCUT2D eigenvalue weighted by atomic mass is 9.99. The molecule has 72 valence electrons. The van der Waals surface area contributed by atoms with Gasteiger partial charge in [0.05, 0.1) is 5.69 Å². The number of nitrogens with zero attached hydrogens (tertiary/aromatic N) is 1. The summed E-state index contributed by atoms with van der Waals surface area (Å²) in [5.41, 5.74) is 6.93. The van der Waals surface area contributed by atoms with Gasteiger partial charge < -0.3 is 10.3 Å². The van der Waals surface area contributed by atoms with Crippen molar-refractivity contribution in [1.29, 1.82) is 0 Å². The van der Waals surface area contributed by atoms with Crippen LogP contribution in [0.25, 0.3) is 0 Å². The summed E-state index contributed by atoms with van der Waals surface area (Å²) >= 11 is 0. The van der Waals surface area contributed by atoms with Crippen molar-refractivity contribution < 1.29 is 4.52 Å². The quantitative estimate of drug-likeness (QED) is 0.753. The van der Waals surface area contributed by atoms with Crippen LogP contribution in [0.1, 0.15) is 30.7 Å². The van der Waals surface area contributed by atoms with Gasteiger partial charge in [0.25, 0.3) is 0 Å². The molecule has 1 fully saturated rings. The van der Waals surface area contributed by atoms with Gasteiger partial charge in [-0.1, -0.05) is 11.6 Å². The summed E-state index contributed by atoms with van der Waals surface area (Å²) in [6.45, 7) is 1.95. The third-order valence-corrected chi connectivity index (χ3v) is 2.86. The minimum absolute atomic E-state index is 0.366. The van der Waals surface area contributed by atoms with Gasteiger partial charge in [-0.05, 0) is 25.7 Å². The Bertz CT molecular complexity index is 282. The lowest BCUT2D eigenvalue weighted by Gasteiger charge is -2.12. The highest BCUT2D eigenvalue weighted by atomic mass is 16.5. The number of aromatic nitrogens is 1. The Labute approximate surface area is 78.3 Å². The number of nitrogens with two attached hydrogens (primary N) is 1. The lowest BCUT2D eigenvalue weighted by Crippen LogP contribution is -2.25. The number of hydrogen-bond donors (Lipinski definition) is 1. The van der Waals surface area contributed by atoms with E-state index in [9.17, 15) is 0 Å². The third kappa shape index (κ3) is 1.91. The van der Waals surface area contributed by atoms with Crippen molar-refractivity contribution in [2.75, 3.05) is 0 Å². The van der Waals surface area contributed by atoms with Crippen LogP contribution >= 0.6 is 0 Å². The summed E-state index contributed by atoms with van der Waals surface area (Å²) < 4.78 is 5.17. The predicted octanol–water partition coefficient (Wildman–Crippen LogP) is 1.65. The SMILES string of the molecule is Cc1cc(CC2CCCC2N)on1. The van der Waals surface area contributed by atoms with Crippen LogP contribution in [-0.2, 0) is 6.42 Å². The van der Waals surface area contributed by atoms with E-state index >= 15 is 0 Å². The maximum absolute atomic E-state index is 5.97. The molecule has 0 spiro atoms. The minimum atomic E-state index is 0.366. The number of rotatable bonds is 2. The van der Waals surface area contributed by atoms with E-state index in [0.717, 1.165) is 24.3 Å². The van der Waals surface area contributed by atoms with Crippen molar-refractivity contribution in [3.63, 3.8) is 0 Å². The molecule has 1 saturated carbocycles. The molecule has 0 bridgehead atoms. The van der Waals surface area contributed by atoms with E-state index in [0.29, 0.717) is 12.0 Å². The van der Waals surface area contributed by atoms with Crippen molar-refractivity contribution in [2.45, 2.75) is 38.6 Å². The molecule has 1 aliphatic carbocycles. The molecule has 2 atom stereocenters. The first-order valence-electron chi connectivity index (χ1n) is 4.93.